The molecule has 1 heterocycles. The summed E-state index contributed by atoms with van der Waals surface area (Å²) in [5.74, 6) is -0.329. The van der Waals surface area contributed by atoms with Gasteiger partial charge in [0, 0.05) is 9.89 Å². The molecule has 0 aromatic carbocycles. The van der Waals surface area contributed by atoms with E-state index in [1.54, 1.807) is 5.73 Å². The minimum Gasteiger partial charge on any atom is -0.370 e. The van der Waals surface area contributed by atoms with E-state index in [4.69, 9.17) is 4.38 Å². The molecule has 0 aliphatic carbocycles. The van der Waals surface area contributed by atoms with Gasteiger partial charge in [-0.05, 0) is 33.0 Å². The maximum atomic E-state index is 9.51. The Kier molecular flexibility index (Phi) is 3.22. The summed E-state index contributed by atoms with van der Waals surface area (Å²) in [5.41, 5.74) is 1.64. The fourth-order valence-electron chi connectivity index (χ4n) is 0.875. The third-order valence-corrected chi connectivity index (χ3v) is 1.33. The Hall–Kier alpha value is -0.570. The second-order valence-electron chi connectivity index (χ2n) is 2.57. The predicted molar refractivity (Wildman–Crippen MR) is 43.7 cm³/mol. The molecule has 2 N–H and O–H groups in total. The van der Waals surface area contributed by atoms with E-state index in [0.717, 1.165) is 0 Å². The number of nitrogens with zero attached hydrogens (tertiary/aromatic N) is 1. The van der Waals surface area contributed by atoms with Crippen LogP contribution in [0.5, 0.6) is 0 Å². The van der Waals surface area contributed by atoms with Gasteiger partial charge in [-0.25, -0.2) is 0 Å². The van der Waals surface area contributed by atoms with Gasteiger partial charge in [0.25, 0.3) is 0 Å². The largest absolute Gasteiger partial charge is 0.370 e. The molecule has 1 aliphatic rings. The average molecular weight is 152 g/mol. The van der Waals surface area contributed by atoms with Crippen molar-refractivity contribution in [3.63, 3.8) is 0 Å². The second-order valence-corrected chi connectivity index (χ2v) is 2.57. The molecule has 0 bridgehead atoms. The van der Waals surface area contributed by atoms with E-state index in [-0.39, 0.29) is 5.91 Å². The highest BCUT2D eigenvalue weighted by Gasteiger charge is 2.03. The van der Waals surface area contributed by atoms with E-state index in [1.165, 1.54) is 32.9 Å². The minimum atomic E-state index is -0.329. The molecular formula is C7H18N2O. The van der Waals surface area contributed by atoms with Gasteiger partial charge in [-0.1, -0.05) is 0 Å². The van der Waals surface area contributed by atoms with Crippen LogP contribution in [0.3, 0.4) is 0 Å². The SMILES string of the molecule is CN1CCCC1.[3H]NC(C)=O.[3H][3H]. The van der Waals surface area contributed by atoms with Crippen LogP contribution < -0.4 is 5.73 Å². The molecule has 1 fully saturated rings. The van der Waals surface area contributed by atoms with Gasteiger partial charge in [-0.3, -0.25) is 4.79 Å². The van der Waals surface area contributed by atoms with Gasteiger partial charge < -0.3 is 10.6 Å². The molecule has 0 aromatic rings. The lowest BCUT2D eigenvalue weighted by molar-refractivity contribution is -0.115. The molecule has 0 atom stereocenters. The summed E-state index contributed by atoms with van der Waals surface area (Å²) in [4.78, 5) is 11.9. The molecule has 1 amide bonds. The van der Waals surface area contributed by atoms with Crippen molar-refractivity contribution in [3.8, 4) is 0 Å². The molecule has 0 radical (unpaired) electrons. The lowest BCUT2D eigenvalue weighted by atomic mass is 10.4. The number of primary amides is 1. The molecule has 0 unspecified atom stereocenters. The van der Waals surface area contributed by atoms with Crippen molar-refractivity contribution in [2.45, 2.75) is 19.8 Å². The van der Waals surface area contributed by atoms with Crippen molar-refractivity contribution >= 4 is 5.91 Å². The highest BCUT2D eigenvalue weighted by atomic mass is 16.1. The first kappa shape index (κ1) is 6.16. The summed E-state index contributed by atoms with van der Waals surface area (Å²) in [5, 5.41) is 0. The zero-order chi connectivity index (χ0) is 10.7. The molecule has 1 aliphatic heterocycles. The highest BCUT2D eigenvalue weighted by Crippen LogP contribution is 2.01. The molecular weight excluding hydrogens is 128 g/mol. The number of carbonyl (C=O) groups excluding carboxylic acids is 1. The summed E-state index contributed by atoms with van der Waals surface area (Å²) in [7, 11) is 2.17. The molecule has 0 aromatic heterocycles. The Morgan fingerprint density at radius 3 is 2.30 bits per heavy atom. The third-order valence-electron chi connectivity index (χ3n) is 1.33. The quantitative estimate of drug-likeness (QED) is 0.548. The zero-order valence-electron chi connectivity index (χ0n) is 9.68. The van der Waals surface area contributed by atoms with Crippen molar-refractivity contribution in [2.24, 2.45) is 5.73 Å². The van der Waals surface area contributed by atoms with Crippen LogP contribution in [-0.2, 0) is 4.79 Å². The monoisotopic (exact) mass is 152 g/mol. The van der Waals surface area contributed by atoms with Crippen LogP contribution in [0.4, 0.5) is 0 Å². The molecule has 62 valence electrons. The van der Waals surface area contributed by atoms with E-state index in [1.807, 2.05) is 0 Å². The molecule has 1 rings (SSSR count). The van der Waals surface area contributed by atoms with Gasteiger partial charge in [0.1, 0.15) is 0 Å². The smallest absolute Gasteiger partial charge is 0.214 e. The predicted octanol–water partition coefficient (Wildman–Crippen LogP) is 0.450. The standard InChI is InChI=1S/C5H11N.C2H5NO.H2/c1-6-4-2-3-5-6;1-2(3)4;/h2-5H2,1H3;1H3,(H2,3,4);1H/i;;1+2T/hT. The fraction of sp³-hybridized carbons (Fsp3) is 0.857. The third kappa shape index (κ3) is 7.43. The van der Waals surface area contributed by atoms with Crippen LogP contribution in [0.1, 0.15) is 22.7 Å². The Morgan fingerprint density at radius 1 is 1.80 bits per heavy atom. The van der Waals surface area contributed by atoms with Crippen molar-refractivity contribution in [1.29, 1.82) is 0 Å². The van der Waals surface area contributed by atoms with Crippen LogP contribution in [0.15, 0.2) is 0 Å². The minimum absolute atomic E-state index is 0.329. The first-order valence-corrected chi connectivity index (χ1v) is 3.53. The van der Waals surface area contributed by atoms with E-state index in [2.05, 4.69) is 11.9 Å². The van der Waals surface area contributed by atoms with Crippen LogP contribution in [-0.4, -0.2) is 30.9 Å². The number of rotatable bonds is 0. The van der Waals surface area contributed by atoms with Crippen molar-refractivity contribution < 1.29 is 9.18 Å². The van der Waals surface area contributed by atoms with Crippen LogP contribution >= 0.6 is 0 Å². The topological polar surface area (TPSA) is 46.3 Å². The van der Waals surface area contributed by atoms with Gasteiger partial charge in [-0.15, -0.1) is 0 Å². The van der Waals surface area contributed by atoms with Crippen molar-refractivity contribution in [3.05, 3.63) is 0 Å². The molecule has 10 heavy (non-hydrogen) atoms. The Balaban J connectivity index is 0. The molecule has 0 spiro atoms. The summed E-state index contributed by atoms with van der Waals surface area (Å²) in [6, 6.07) is 0. The number of nitrogens with two attached hydrogens (primary N) is 1. The van der Waals surface area contributed by atoms with Gasteiger partial charge >= 0.3 is 0 Å². The Bertz CT molecular complexity index is 118. The summed E-state index contributed by atoms with van der Waals surface area (Å²) in [6.45, 7) is 3.92. The van der Waals surface area contributed by atoms with E-state index in [0.29, 0.717) is 0 Å². The maximum absolute atomic E-state index is 9.51. The summed E-state index contributed by atoms with van der Waals surface area (Å²) < 4.78 is 16.1. The number of hydrogen-bond acceptors (Lipinski definition) is 2. The highest BCUT2D eigenvalue weighted by molar-refractivity contribution is 5.70. The van der Waals surface area contributed by atoms with Crippen molar-refractivity contribution in [1.82, 2.24) is 4.90 Å². The van der Waals surface area contributed by atoms with E-state index >= 15 is 0 Å². The normalized spacial score (nSPS) is 19.6. The number of carbonyl (C=O) groups is 1. The molecule has 3 heteroatoms. The van der Waals surface area contributed by atoms with E-state index in [9.17, 15) is 4.79 Å². The van der Waals surface area contributed by atoms with Crippen LogP contribution in [0.25, 0.3) is 0 Å². The number of hydrogen-bond donors (Lipinski definition) is 1. The first-order chi connectivity index (χ1) is 6.16. The second kappa shape index (κ2) is 5.23. The summed E-state index contributed by atoms with van der Waals surface area (Å²) >= 11 is 0. The number of amides is 1. The number of likely N-dealkylation sites (tertiary alicyclic amines) is 1. The van der Waals surface area contributed by atoms with Crippen LogP contribution in [0, 0.1) is 0 Å². The fourth-order valence-corrected chi connectivity index (χ4v) is 0.875. The first-order valence-electron chi connectivity index (χ1n) is 5.03. The lowest BCUT2D eigenvalue weighted by Gasteiger charge is -2.01. The van der Waals surface area contributed by atoms with E-state index < -0.39 is 0 Å². The Morgan fingerprint density at radius 2 is 2.20 bits per heavy atom. The zero-order valence-corrected chi connectivity index (χ0v) is 6.68. The molecule has 3 nitrogen and oxygen atoms in total. The van der Waals surface area contributed by atoms with Gasteiger partial charge in [-0.2, -0.15) is 0 Å². The lowest BCUT2D eigenvalue weighted by Crippen LogP contribution is -2.10. The molecule has 1 saturated heterocycles. The summed E-state index contributed by atoms with van der Waals surface area (Å²) in [6.07, 6.45) is 2.83. The van der Waals surface area contributed by atoms with Crippen molar-refractivity contribution in [2.75, 3.05) is 20.1 Å². The maximum Gasteiger partial charge on any atom is 0.214 e. The Labute approximate surface area is 66.7 Å². The average Bonchev–Trinajstić information content (AvgIpc) is 2.60. The van der Waals surface area contributed by atoms with Gasteiger partial charge in [0.15, 0.2) is 1.41 Å². The van der Waals surface area contributed by atoms with Gasteiger partial charge in [0.2, 0.25) is 5.91 Å². The van der Waals surface area contributed by atoms with Crippen LogP contribution in [0.2, 0.25) is 1.41 Å². The molecule has 0 saturated carbocycles. The van der Waals surface area contributed by atoms with Gasteiger partial charge in [0.05, 0.1) is 0 Å².